The predicted molar refractivity (Wildman–Crippen MR) is 71.4 cm³/mol. The lowest BCUT2D eigenvalue weighted by Gasteiger charge is -2.35. The largest absolute Gasteiger partial charge is 0.361 e. The molecule has 4 aliphatic rings. The highest BCUT2D eigenvalue weighted by molar-refractivity contribution is 5.22. The van der Waals surface area contributed by atoms with Crippen LogP contribution in [0.5, 0.6) is 0 Å². The fourth-order valence-electron chi connectivity index (χ4n) is 3.62. The first-order valence-corrected chi connectivity index (χ1v) is 7.46. The van der Waals surface area contributed by atoms with Crippen LogP contribution < -0.4 is 0 Å². The zero-order chi connectivity index (χ0) is 14.9. The van der Waals surface area contributed by atoms with Crippen LogP contribution in [-0.2, 0) is 28.4 Å². The Morgan fingerprint density at radius 1 is 0.905 bits per heavy atom. The van der Waals surface area contributed by atoms with E-state index in [9.17, 15) is 0 Å². The van der Waals surface area contributed by atoms with Gasteiger partial charge in [0.05, 0.1) is 13.2 Å². The van der Waals surface area contributed by atoms with Gasteiger partial charge in [-0.25, -0.2) is 0 Å². The van der Waals surface area contributed by atoms with Crippen LogP contribution in [0.25, 0.3) is 0 Å². The minimum Gasteiger partial charge on any atom is -0.361 e. The zero-order valence-electron chi connectivity index (χ0n) is 12.8. The standard InChI is InChI=1S/C15H22O6/c1-13(2)17-8-9(19-13)10-15(6-5-7-16-15)11-12(18-10)21-14(3,4)20-11/h5-6,9-12H,7-8H2,1-4H3/t9-,10-,11+,12-,15-/m1/s1. The van der Waals surface area contributed by atoms with Gasteiger partial charge in [-0.1, -0.05) is 6.08 Å². The van der Waals surface area contributed by atoms with E-state index in [1.807, 2.05) is 39.8 Å². The van der Waals surface area contributed by atoms with Gasteiger partial charge in [0, 0.05) is 0 Å². The molecule has 6 heteroatoms. The molecule has 1 spiro atoms. The van der Waals surface area contributed by atoms with Gasteiger partial charge < -0.3 is 28.4 Å². The van der Waals surface area contributed by atoms with E-state index in [4.69, 9.17) is 28.4 Å². The summed E-state index contributed by atoms with van der Waals surface area (Å²) in [5.74, 6) is -1.27. The van der Waals surface area contributed by atoms with Crippen molar-refractivity contribution in [3.05, 3.63) is 12.2 Å². The summed E-state index contributed by atoms with van der Waals surface area (Å²) in [6.45, 7) is 8.58. The van der Waals surface area contributed by atoms with Crippen LogP contribution in [0.4, 0.5) is 0 Å². The van der Waals surface area contributed by atoms with E-state index in [1.54, 1.807) is 0 Å². The Kier molecular flexibility index (Phi) is 2.88. The summed E-state index contributed by atoms with van der Waals surface area (Å²) in [6.07, 6.45) is 2.78. The molecule has 5 atom stereocenters. The normalized spacial score (nSPS) is 50.1. The van der Waals surface area contributed by atoms with Crippen LogP contribution in [0.15, 0.2) is 12.2 Å². The maximum atomic E-state index is 6.11. The minimum atomic E-state index is -0.667. The van der Waals surface area contributed by atoms with E-state index in [0.717, 1.165) is 0 Å². The average molecular weight is 298 g/mol. The lowest BCUT2D eigenvalue weighted by molar-refractivity contribution is -0.244. The SMILES string of the molecule is CC1(C)OC[C@H]([C@H]2O[C@@H]3OC(C)(C)O[C@@H]3[C@@]23C=CCO3)O1. The Labute approximate surface area is 124 Å². The third-order valence-corrected chi connectivity index (χ3v) is 4.40. The van der Waals surface area contributed by atoms with Gasteiger partial charge in [-0.2, -0.15) is 0 Å². The van der Waals surface area contributed by atoms with Crippen molar-refractivity contribution in [3.8, 4) is 0 Å². The molecule has 0 radical (unpaired) electrons. The summed E-state index contributed by atoms with van der Waals surface area (Å²) >= 11 is 0. The Bertz CT molecular complexity index is 473. The van der Waals surface area contributed by atoms with Crippen LogP contribution in [-0.4, -0.2) is 55.0 Å². The molecule has 0 amide bonds. The molecule has 6 nitrogen and oxygen atoms in total. The van der Waals surface area contributed by atoms with Crippen molar-refractivity contribution in [1.29, 1.82) is 0 Å². The highest BCUT2D eigenvalue weighted by Gasteiger charge is 2.67. The molecule has 4 rings (SSSR count). The topological polar surface area (TPSA) is 55.4 Å². The molecule has 0 aromatic rings. The van der Waals surface area contributed by atoms with Gasteiger partial charge in [0.1, 0.15) is 23.9 Å². The summed E-state index contributed by atoms with van der Waals surface area (Å²) in [5, 5.41) is 0. The fraction of sp³-hybridized carbons (Fsp3) is 0.867. The molecule has 0 aliphatic carbocycles. The molecule has 0 saturated carbocycles. The summed E-state index contributed by atoms with van der Waals surface area (Å²) in [4.78, 5) is 0. The molecule has 3 saturated heterocycles. The average Bonchev–Trinajstić information content (AvgIpc) is 3.08. The van der Waals surface area contributed by atoms with Crippen LogP contribution in [0, 0.1) is 0 Å². The third kappa shape index (κ3) is 2.09. The predicted octanol–water partition coefficient (Wildman–Crippen LogP) is 1.34. The molecular formula is C15H22O6. The van der Waals surface area contributed by atoms with Gasteiger partial charge >= 0.3 is 0 Å². The Morgan fingerprint density at radius 3 is 2.33 bits per heavy atom. The Balaban J connectivity index is 1.63. The molecule has 4 aliphatic heterocycles. The van der Waals surface area contributed by atoms with Crippen molar-refractivity contribution in [3.63, 3.8) is 0 Å². The van der Waals surface area contributed by atoms with Gasteiger partial charge in [0.2, 0.25) is 0 Å². The molecular weight excluding hydrogens is 276 g/mol. The summed E-state index contributed by atoms with van der Waals surface area (Å²) < 4.78 is 35.6. The highest BCUT2D eigenvalue weighted by atomic mass is 16.9. The van der Waals surface area contributed by atoms with Crippen molar-refractivity contribution >= 4 is 0 Å². The summed E-state index contributed by atoms with van der Waals surface area (Å²) in [7, 11) is 0. The number of ether oxygens (including phenoxy) is 6. The summed E-state index contributed by atoms with van der Waals surface area (Å²) in [6, 6.07) is 0. The van der Waals surface area contributed by atoms with E-state index in [0.29, 0.717) is 13.2 Å². The van der Waals surface area contributed by atoms with E-state index in [1.165, 1.54) is 0 Å². The van der Waals surface area contributed by atoms with Gasteiger partial charge in [-0.15, -0.1) is 0 Å². The minimum absolute atomic E-state index is 0.205. The lowest BCUT2D eigenvalue weighted by Crippen LogP contribution is -2.53. The van der Waals surface area contributed by atoms with E-state index < -0.39 is 23.5 Å². The maximum Gasteiger partial charge on any atom is 0.191 e. The fourth-order valence-corrected chi connectivity index (χ4v) is 3.62. The zero-order valence-corrected chi connectivity index (χ0v) is 12.8. The van der Waals surface area contributed by atoms with Gasteiger partial charge in [-0.3, -0.25) is 0 Å². The second-order valence-electron chi connectivity index (χ2n) is 6.92. The van der Waals surface area contributed by atoms with E-state index in [2.05, 4.69) is 0 Å². The summed E-state index contributed by atoms with van der Waals surface area (Å²) in [5.41, 5.74) is -0.660. The number of hydrogen-bond donors (Lipinski definition) is 0. The monoisotopic (exact) mass is 298 g/mol. The van der Waals surface area contributed by atoms with Crippen LogP contribution in [0.2, 0.25) is 0 Å². The molecule has 3 fully saturated rings. The first-order valence-electron chi connectivity index (χ1n) is 7.46. The molecule has 0 bridgehead atoms. The third-order valence-electron chi connectivity index (χ3n) is 4.40. The first kappa shape index (κ1) is 14.1. The first-order chi connectivity index (χ1) is 9.81. The van der Waals surface area contributed by atoms with Gasteiger partial charge in [0.25, 0.3) is 0 Å². The molecule has 0 unspecified atom stereocenters. The molecule has 118 valence electrons. The van der Waals surface area contributed by atoms with Gasteiger partial charge in [-0.05, 0) is 33.8 Å². The van der Waals surface area contributed by atoms with Crippen molar-refractivity contribution < 1.29 is 28.4 Å². The van der Waals surface area contributed by atoms with Crippen molar-refractivity contribution in [2.45, 2.75) is 69.5 Å². The van der Waals surface area contributed by atoms with Crippen molar-refractivity contribution in [1.82, 2.24) is 0 Å². The number of rotatable bonds is 1. The van der Waals surface area contributed by atoms with Crippen LogP contribution in [0.1, 0.15) is 27.7 Å². The Morgan fingerprint density at radius 2 is 1.71 bits per heavy atom. The lowest BCUT2D eigenvalue weighted by atomic mass is 9.89. The maximum absolute atomic E-state index is 6.11. The molecule has 0 aromatic carbocycles. The van der Waals surface area contributed by atoms with Crippen LogP contribution >= 0.6 is 0 Å². The molecule has 0 N–H and O–H groups in total. The highest BCUT2D eigenvalue weighted by Crippen LogP contribution is 2.49. The Hall–Kier alpha value is -0.500. The van der Waals surface area contributed by atoms with Gasteiger partial charge in [0.15, 0.2) is 17.9 Å². The number of hydrogen-bond acceptors (Lipinski definition) is 6. The van der Waals surface area contributed by atoms with E-state index in [-0.39, 0.29) is 18.3 Å². The van der Waals surface area contributed by atoms with Crippen molar-refractivity contribution in [2.24, 2.45) is 0 Å². The molecule has 21 heavy (non-hydrogen) atoms. The second-order valence-corrected chi connectivity index (χ2v) is 6.92. The van der Waals surface area contributed by atoms with Crippen molar-refractivity contribution in [2.75, 3.05) is 13.2 Å². The quantitative estimate of drug-likeness (QED) is 0.681. The molecule has 4 heterocycles. The van der Waals surface area contributed by atoms with Crippen LogP contribution in [0.3, 0.4) is 0 Å². The van der Waals surface area contributed by atoms with E-state index >= 15 is 0 Å². The molecule has 0 aromatic heterocycles. The number of fused-ring (bicyclic) bond motifs is 2. The second kappa shape index (κ2) is 4.28. The smallest absolute Gasteiger partial charge is 0.191 e.